The van der Waals surface area contributed by atoms with Crippen LogP contribution >= 0.6 is 0 Å². The van der Waals surface area contributed by atoms with E-state index in [2.05, 4.69) is 5.32 Å². The molecule has 1 aliphatic carbocycles. The van der Waals surface area contributed by atoms with Gasteiger partial charge in [-0.25, -0.2) is 0 Å². The van der Waals surface area contributed by atoms with Gasteiger partial charge in [0.05, 0.1) is 22.5 Å². The molecule has 32 heavy (non-hydrogen) atoms. The van der Waals surface area contributed by atoms with Crippen LogP contribution in [-0.2, 0) is 14.9 Å². The number of para-hydroxylation sites is 1. The second-order valence-electron chi connectivity index (χ2n) is 7.19. The minimum Gasteiger partial charge on any atom is -0.398 e. The molecular weight excluding hydrogens is 434 g/mol. The van der Waals surface area contributed by atoms with Crippen molar-refractivity contribution >= 4 is 44.7 Å². The average Bonchev–Trinajstić information content (AvgIpc) is 2.71. The second-order valence-corrected chi connectivity index (χ2v) is 8.55. The molecule has 0 aromatic heterocycles. The Labute approximate surface area is 182 Å². The highest BCUT2D eigenvalue weighted by Gasteiger charge is 2.40. The molecular formula is C22H17N3O6S. The van der Waals surface area contributed by atoms with Crippen molar-refractivity contribution in [3.8, 4) is 11.1 Å². The van der Waals surface area contributed by atoms with Gasteiger partial charge in [0.15, 0.2) is 11.6 Å². The summed E-state index contributed by atoms with van der Waals surface area (Å²) in [5.41, 5.74) is 11.2. The molecule has 0 radical (unpaired) electrons. The molecule has 4 rings (SSSR count). The van der Waals surface area contributed by atoms with Gasteiger partial charge in [-0.15, -0.1) is 0 Å². The summed E-state index contributed by atoms with van der Waals surface area (Å²) < 4.78 is 34.7. The van der Waals surface area contributed by atoms with E-state index in [9.17, 15) is 27.4 Å². The van der Waals surface area contributed by atoms with E-state index in [4.69, 9.17) is 11.5 Å². The zero-order chi connectivity index (χ0) is 23.4. The Morgan fingerprint density at radius 2 is 1.31 bits per heavy atom. The van der Waals surface area contributed by atoms with Crippen molar-refractivity contribution in [2.24, 2.45) is 0 Å². The van der Waals surface area contributed by atoms with Gasteiger partial charge in [0.1, 0.15) is 4.90 Å². The number of hydrogen-bond acceptors (Lipinski definition) is 7. The molecule has 10 heteroatoms. The fourth-order valence-corrected chi connectivity index (χ4v) is 4.76. The first-order valence-corrected chi connectivity index (χ1v) is 10.8. The van der Waals surface area contributed by atoms with Gasteiger partial charge in [-0.1, -0.05) is 42.5 Å². The lowest BCUT2D eigenvalue weighted by Gasteiger charge is -2.25. The van der Waals surface area contributed by atoms with E-state index < -0.39 is 43.7 Å². The fourth-order valence-electron chi connectivity index (χ4n) is 3.93. The van der Waals surface area contributed by atoms with Crippen molar-refractivity contribution in [3.05, 3.63) is 70.8 Å². The van der Waals surface area contributed by atoms with Crippen molar-refractivity contribution in [1.29, 1.82) is 0 Å². The number of benzene rings is 3. The van der Waals surface area contributed by atoms with E-state index in [1.807, 2.05) is 0 Å². The van der Waals surface area contributed by atoms with Crippen LogP contribution in [0.1, 0.15) is 38.8 Å². The standard InChI is InChI=1S/C22H17N3O6S/c1-10(26)25-14-9-5-4-8-13(14)15-18(23)16-17(22(19(15)24)32(29,30)31)21(28)12-7-3-2-6-11(12)20(16)27/h2-9H,23-24H2,1H3,(H,25,26)(H,29,30,31). The molecule has 0 spiro atoms. The maximum Gasteiger partial charge on any atom is 0.297 e. The molecule has 0 fully saturated rings. The van der Waals surface area contributed by atoms with E-state index in [1.165, 1.54) is 37.3 Å². The number of hydrogen-bond donors (Lipinski definition) is 4. The van der Waals surface area contributed by atoms with Crippen LogP contribution in [0.15, 0.2) is 53.4 Å². The van der Waals surface area contributed by atoms with Crippen LogP contribution < -0.4 is 16.8 Å². The van der Waals surface area contributed by atoms with Gasteiger partial charge in [0.2, 0.25) is 5.91 Å². The molecule has 0 saturated carbocycles. The highest BCUT2D eigenvalue weighted by Crippen LogP contribution is 2.46. The first-order chi connectivity index (χ1) is 15.0. The predicted octanol–water partition coefficient (Wildman–Crippen LogP) is 2.50. The molecule has 9 nitrogen and oxygen atoms in total. The van der Waals surface area contributed by atoms with Gasteiger partial charge >= 0.3 is 0 Å². The van der Waals surface area contributed by atoms with Crippen LogP contribution in [0, 0.1) is 0 Å². The SMILES string of the molecule is CC(=O)Nc1ccccc1-c1c(N)c2c(c(S(=O)(=O)O)c1N)C(=O)c1ccccc1C2=O. The van der Waals surface area contributed by atoms with Crippen LogP contribution in [0.5, 0.6) is 0 Å². The minimum atomic E-state index is -5.06. The summed E-state index contributed by atoms with van der Waals surface area (Å²) >= 11 is 0. The number of carbonyl (C=O) groups excluding carboxylic acids is 3. The van der Waals surface area contributed by atoms with E-state index in [1.54, 1.807) is 18.2 Å². The molecule has 0 unspecified atom stereocenters. The molecule has 3 aromatic carbocycles. The first kappa shape index (κ1) is 21.2. The Balaban J connectivity index is 2.17. The number of nitrogen functional groups attached to an aromatic ring is 2. The van der Waals surface area contributed by atoms with Crippen LogP contribution in [0.25, 0.3) is 11.1 Å². The van der Waals surface area contributed by atoms with Gasteiger partial charge in [-0.3, -0.25) is 18.9 Å². The fraction of sp³-hybridized carbons (Fsp3) is 0.0455. The van der Waals surface area contributed by atoms with Crippen LogP contribution in [-0.4, -0.2) is 30.4 Å². The summed E-state index contributed by atoms with van der Waals surface area (Å²) in [6, 6.07) is 12.1. The Kier molecular flexibility index (Phi) is 4.83. The third-order valence-electron chi connectivity index (χ3n) is 5.17. The monoisotopic (exact) mass is 451 g/mol. The molecule has 0 bridgehead atoms. The number of rotatable bonds is 3. The summed E-state index contributed by atoms with van der Waals surface area (Å²) in [5.74, 6) is -1.90. The normalized spacial score (nSPS) is 12.8. The van der Waals surface area contributed by atoms with E-state index in [-0.39, 0.29) is 39.2 Å². The molecule has 1 amide bonds. The molecule has 6 N–H and O–H groups in total. The molecule has 1 aliphatic rings. The van der Waals surface area contributed by atoms with Crippen molar-refractivity contribution in [3.63, 3.8) is 0 Å². The van der Waals surface area contributed by atoms with Crippen molar-refractivity contribution in [2.45, 2.75) is 11.8 Å². The van der Waals surface area contributed by atoms with Gasteiger partial charge in [0.25, 0.3) is 10.1 Å². The average molecular weight is 451 g/mol. The quantitative estimate of drug-likeness (QED) is 0.272. The highest BCUT2D eigenvalue weighted by atomic mass is 32.2. The third kappa shape index (κ3) is 3.13. The zero-order valence-corrected chi connectivity index (χ0v) is 17.5. The number of ketones is 2. The number of nitrogens with one attached hydrogen (secondary N) is 1. The summed E-state index contributed by atoms with van der Waals surface area (Å²) in [6.45, 7) is 1.28. The zero-order valence-electron chi connectivity index (χ0n) is 16.7. The minimum absolute atomic E-state index is 0.0277. The molecule has 0 atom stereocenters. The largest absolute Gasteiger partial charge is 0.398 e. The maximum atomic E-state index is 13.3. The van der Waals surface area contributed by atoms with Crippen molar-refractivity contribution < 1.29 is 27.4 Å². The molecule has 0 aliphatic heterocycles. The first-order valence-electron chi connectivity index (χ1n) is 9.31. The molecule has 162 valence electrons. The lowest BCUT2D eigenvalue weighted by Crippen LogP contribution is -2.26. The maximum absolute atomic E-state index is 13.3. The van der Waals surface area contributed by atoms with Gasteiger partial charge in [-0.05, 0) is 6.07 Å². The van der Waals surface area contributed by atoms with Crippen molar-refractivity contribution in [2.75, 3.05) is 16.8 Å². The number of anilines is 3. The second kappa shape index (κ2) is 7.29. The topological polar surface area (TPSA) is 170 Å². The van der Waals surface area contributed by atoms with Crippen LogP contribution in [0.2, 0.25) is 0 Å². The van der Waals surface area contributed by atoms with Gasteiger partial charge < -0.3 is 16.8 Å². The van der Waals surface area contributed by atoms with Crippen molar-refractivity contribution in [1.82, 2.24) is 0 Å². The van der Waals surface area contributed by atoms with E-state index >= 15 is 0 Å². The third-order valence-corrected chi connectivity index (χ3v) is 6.11. The Morgan fingerprint density at radius 1 is 0.812 bits per heavy atom. The summed E-state index contributed by atoms with van der Waals surface area (Å²) in [6.07, 6.45) is 0. The smallest absolute Gasteiger partial charge is 0.297 e. The lowest BCUT2D eigenvalue weighted by molar-refractivity contribution is -0.114. The number of carbonyl (C=O) groups is 3. The summed E-state index contributed by atoms with van der Waals surface area (Å²) in [4.78, 5) is 37.2. The Bertz CT molecular complexity index is 1460. The summed E-state index contributed by atoms with van der Waals surface area (Å²) in [5, 5.41) is 2.59. The number of nitrogens with two attached hydrogens (primary N) is 2. The van der Waals surface area contributed by atoms with E-state index in [0.717, 1.165) is 0 Å². The summed E-state index contributed by atoms with van der Waals surface area (Å²) in [7, 11) is -5.06. The van der Waals surface area contributed by atoms with Crippen LogP contribution in [0.4, 0.5) is 17.1 Å². The van der Waals surface area contributed by atoms with Gasteiger partial charge in [-0.2, -0.15) is 8.42 Å². The van der Waals surface area contributed by atoms with Crippen LogP contribution in [0.3, 0.4) is 0 Å². The Morgan fingerprint density at radius 3 is 1.84 bits per heavy atom. The predicted molar refractivity (Wildman–Crippen MR) is 118 cm³/mol. The molecule has 0 saturated heterocycles. The lowest BCUT2D eigenvalue weighted by atomic mass is 9.80. The number of amides is 1. The Hall–Kier alpha value is -4.02. The number of fused-ring (bicyclic) bond motifs is 2. The van der Waals surface area contributed by atoms with E-state index in [0.29, 0.717) is 0 Å². The van der Waals surface area contributed by atoms with Gasteiger partial charge in [0, 0.05) is 34.9 Å². The highest BCUT2D eigenvalue weighted by molar-refractivity contribution is 7.86. The molecule has 0 heterocycles. The molecule has 3 aromatic rings.